The standard InChI is InChI=1S/C38H37N2OS2/c1-5-39-33-14-8-10-16-35(33)42-37(39)24-28(3)22-27(2)23-29(4)25-38-40(34-15-9-11-17-36(34)43-38)20-21-41-32-19-18-30-12-6-7-13-31(30)26-32/h6-19,22-26H,5,20-21H2,1-4H3/q+1. The number of benzene rings is 4. The van der Waals surface area contributed by atoms with Crippen molar-refractivity contribution in [3.63, 3.8) is 0 Å². The highest BCUT2D eigenvalue weighted by atomic mass is 32.2. The maximum Gasteiger partial charge on any atom is 0.263 e. The van der Waals surface area contributed by atoms with Crippen molar-refractivity contribution >= 4 is 55.9 Å². The fourth-order valence-corrected chi connectivity index (χ4v) is 8.06. The van der Waals surface area contributed by atoms with Crippen LogP contribution in [0.3, 0.4) is 0 Å². The predicted molar refractivity (Wildman–Crippen MR) is 186 cm³/mol. The average molecular weight is 602 g/mol. The lowest BCUT2D eigenvalue weighted by Crippen LogP contribution is -2.38. The van der Waals surface area contributed by atoms with Crippen LogP contribution < -0.4 is 14.2 Å². The van der Waals surface area contributed by atoms with Crippen LogP contribution in [-0.2, 0) is 6.54 Å². The molecule has 5 heteroatoms. The summed E-state index contributed by atoms with van der Waals surface area (Å²) in [5.41, 5.74) is 6.26. The Labute approximate surface area is 263 Å². The molecule has 0 spiro atoms. The Bertz CT molecular complexity index is 1910. The highest BCUT2D eigenvalue weighted by Crippen LogP contribution is 2.45. The van der Waals surface area contributed by atoms with Gasteiger partial charge in [-0.25, -0.2) is 0 Å². The zero-order valence-electron chi connectivity index (χ0n) is 25.2. The van der Waals surface area contributed by atoms with Gasteiger partial charge in [0.15, 0.2) is 6.54 Å². The topological polar surface area (TPSA) is 16.4 Å². The van der Waals surface area contributed by atoms with E-state index in [4.69, 9.17) is 4.74 Å². The van der Waals surface area contributed by atoms with E-state index in [1.54, 1.807) is 0 Å². The number of nitrogens with zero attached hydrogens (tertiary/aromatic N) is 2. The lowest BCUT2D eigenvalue weighted by atomic mass is 10.1. The van der Waals surface area contributed by atoms with E-state index in [1.165, 1.54) is 58.3 Å². The molecular formula is C38H37N2OS2+. The molecule has 0 N–H and O–H groups in total. The van der Waals surface area contributed by atoms with Gasteiger partial charge < -0.3 is 9.64 Å². The summed E-state index contributed by atoms with van der Waals surface area (Å²) in [4.78, 5) is 3.72. The van der Waals surface area contributed by atoms with Crippen LogP contribution in [0.5, 0.6) is 5.75 Å². The molecule has 0 saturated heterocycles. The first-order valence-corrected chi connectivity index (χ1v) is 16.5. The summed E-state index contributed by atoms with van der Waals surface area (Å²) in [6, 6.07) is 32.0. The molecule has 0 aliphatic carbocycles. The molecule has 0 unspecified atom stereocenters. The molecule has 1 aliphatic rings. The van der Waals surface area contributed by atoms with Gasteiger partial charge in [0, 0.05) is 23.6 Å². The Morgan fingerprint density at radius 2 is 1.56 bits per heavy atom. The number of rotatable bonds is 9. The number of aromatic nitrogens is 1. The van der Waals surface area contributed by atoms with E-state index in [0.717, 1.165) is 18.8 Å². The van der Waals surface area contributed by atoms with Crippen LogP contribution in [0, 0.1) is 0 Å². The third-order valence-corrected chi connectivity index (χ3v) is 9.73. The van der Waals surface area contributed by atoms with E-state index in [9.17, 15) is 0 Å². The first kappa shape index (κ1) is 29.0. The lowest BCUT2D eigenvalue weighted by molar-refractivity contribution is -0.669. The number of ether oxygens (including phenoxy) is 1. The summed E-state index contributed by atoms with van der Waals surface area (Å²) in [6.07, 6.45) is 9.16. The van der Waals surface area contributed by atoms with Crippen LogP contribution in [0.1, 0.15) is 32.7 Å². The summed E-state index contributed by atoms with van der Waals surface area (Å²) in [6.45, 7) is 11.1. The largest absolute Gasteiger partial charge is 0.487 e. The Morgan fingerprint density at radius 3 is 2.42 bits per heavy atom. The SMILES string of the molecule is CCN1/C(=C/C(C)=C/C(C)=C/C(C)=C/c2sc3ccccc3[n+]2CCOc2ccc3ccccc3c2)Sc2ccccc21. The molecule has 5 aromatic rings. The molecule has 0 atom stereocenters. The van der Waals surface area contributed by atoms with Crippen LogP contribution in [0.4, 0.5) is 5.69 Å². The van der Waals surface area contributed by atoms with Crippen molar-refractivity contribution in [1.82, 2.24) is 0 Å². The Morgan fingerprint density at radius 1 is 0.814 bits per heavy atom. The minimum atomic E-state index is 0.603. The fraction of sp³-hybridized carbons (Fsp3) is 0.184. The van der Waals surface area contributed by atoms with Gasteiger partial charge in [0.05, 0.1) is 10.7 Å². The van der Waals surface area contributed by atoms with Gasteiger partial charge in [0.1, 0.15) is 17.1 Å². The second kappa shape index (κ2) is 13.1. The van der Waals surface area contributed by atoms with E-state index in [1.807, 2.05) is 23.1 Å². The molecule has 6 rings (SSSR count). The van der Waals surface area contributed by atoms with Gasteiger partial charge in [-0.1, -0.05) is 95.4 Å². The molecule has 0 fully saturated rings. The number of thiazole rings is 1. The first-order chi connectivity index (χ1) is 21.0. The molecule has 3 nitrogen and oxygen atoms in total. The van der Waals surface area contributed by atoms with Crippen molar-refractivity contribution in [3.05, 3.63) is 136 Å². The van der Waals surface area contributed by atoms with Gasteiger partial charge in [-0.2, -0.15) is 4.57 Å². The highest BCUT2D eigenvalue weighted by Gasteiger charge is 2.23. The third kappa shape index (κ3) is 6.64. The van der Waals surface area contributed by atoms with E-state index in [0.29, 0.717) is 6.61 Å². The second-order valence-electron chi connectivity index (χ2n) is 10.9. The van der Waals surface area contributed by atoms with Crippen molar-refractivity contribution in [3.8, 4) is 5.75 Å². The van der Waals surface area contributed by atoms with Crippen LogP contribution in [0.2, 0.25) is 0 Å². The van der Waals surface area contributed by atoms with Gasteiger partial charge in [0.25, 0.3) is 5.01 Å². The number of para-hydroxylation sites is 2. The molecule has 2 heterocycles. The molecule has 1 aliphatic heterocycles. The van der Waals surface area contributed by atoms with Gasteiger partial charge in [0.2, 0.25) is 5.52 Å². The van der Waals surface area contributed by atoms with Crippen LogP contribution in [0.25, 0.3) is 27.1 Å². The third-order valence-electron chi connectivity index (χ3n) is 7.51. The molecule has 1 aromatic heterocycles. The number of fused-ring (bicyclic) bond motifs is 3. The normalized spacial score (nSPS) is 15.1. The fourth-order valence-electron chi connectivity index (χ4n) is 5.62. The molecule has 4 aromatic carbocycles. The summed E-state index contributed by atoms with van der Waals surface area (Å²) < 4.78 is 9.89. The van der Waals surface area contributed by atoms with Crippen molar-refractivity contribution in [2.75, 3.05) is 18.1 Å². The minimum Gasteiger partial charge on any atom is -0.487 e. The van der Waals surface area contributed by atoms with Crippen molar-refractivity contribution in [2.45, 2.75) is 39.1 Å². The maximum atomic E-state index is 6.23. The first-order valence-electron chi connectivity index (χ1n) is 14.8. The van der Waals surface area contributed by atoms with Gasteiger partial charge in [-0.3, -0.25) is 0 Å². The van der Waals surface area contributed by atoms with Crippen LogP contribution in [0.15, 0.2) is 136 Å². The number of hydrogen-bond donors (Lipinski definition) is 0. The molecule has 0 radical (unpaired) electrons. The average Bonchev–Trinajstić information content (AvgIpc) is 3.53. The summed E-state index contributed by atoms with van der Waals surface area (Å²) >= 11 is 3.68. The molecule has 0 amide bonds. The molecule has 216 valence electrons. The Hall–Kier alpha value is -4.06. The number of allylic oxidation sites excluding steroid dienone is 6. The monoisotopic (exact) mass is 601 g/mol. The predicted octanol–water partition coefficient (Wildman–Crippen LogP) is 10.2. The van der Waals surface area contributed by atoms with Crippen LogP contribution >= 0.6 is 23.1 Å². The maximum absolute atomic E-state index is 6.23. The smallest absolute Gasteiger partial charge is 0.263 e. The summed E-state index contributed by atoms with van der Waals surface area (Å²) in [5.74, 6) is 0.907. The van der Waals surface area contributed by atoms with E-state index < -0.39 is 0 Å². The van der Waals surface area contributed by atoms with E-state index in [2.05, 4.69) is 152 Å². The van der Waals surface area contributed by atoms with Gasteiger partial charge >= 0.3 is 0 Å². The lowest BCUT2D eigenvalue weighted by Gasteiger charge is -2.18. The Kier molecular flexibility index (Phi) is 8.82. The summed E-state index contributed by atoms with van der Waals surface area (Å²) in [5, 5.41) is 4.94. The summed E-state index contributed by atoms with van der Waals surface area (Å²) in [7, 11) is 0. The molecule has 0 bridgehead atoms. The molecule has 43 heavy (non-hydrogen) atoms. The van der Waals surface area contributed by atoms with Gasteiger partial charge in [-0.15, -0.1) is 0 Å². The molecular weight excluding hydrogens is 565 g/mol. The van der Waals surface area contributed by atoms with Gasteiger partial charge in [-0.05, 0) is 86.0 Å². The van der Waals surface area contributed by atoms with Crippen LogP contribution in [-0.4, -0.2) is 13.2 Å². The van der Waals surface area contributed by atoms with Crippen molar-refractivity contribution in [2.24, 2.45) is 0 Å². The van der Waals surface area contributed by atoms with E-state index in [-0.39, 0.29) is 0 Å². The second-order valence-corrected chi connectivity index (χ2v) is 13.0. The molecule has 0 saturated carbocycles. The minimum absolute atomic E-state index is 0.603. The Balaban J connectivity index is 1.19. The zero-order chi connectivity index (χ0) is 29.8. The number of thioether (sulfide) groups is 1. The van der Waals surface area contributed by atoms with Crippen molar-refractivity contribution in [1.29, 1.82) is 0 Å². The zero-order valence-corrected chi connectivity index (χ0v) is 26.8. The number of anilines is 1. The van der Waals surface area contributed by atoms with Crippen molar-refractivity contribution < 1.29 is 9.30 Å². The van der Waals surface area contributed by atoms with E-state index >= 15 is 0 Å². The quantitative estimate of drug-likeness (QED) is 0.124. The number of hydrogen-bond acceptors (Lipinski definition) is 4. The highest BCUT2D eigenvalue weighted by molar-refractivity contribution is 8.03.